The standard InChI is InChI=1S/C19H31N2O5P.CH4O/c1-25-27-26-13-5-3-2-4-12-20-19(24)16-8-6-15(7-9-16)14-21-17(22)10-11-18(21)23;1-2/h10-11,15-16,27H,2-9,12-14H2,1H3,(H,20,24);2H,1H3. The molecule has 1 unspecified atom stereocenters. The zero-order valence-electron chi connectivity index (χ0n) is 17.5. The van der Waals surface area contributed by atoms with E-state index in [0.717, 1.165) is 71.6 Å². The summed E-state index contributed by atoms with van der Waals surface area (Å²) >= 11 is 0. The molecular weight excluding hydrogens is 395 g/mol. The first kappa shape index (κ1) is 25.7. The lowest BCUT2D eigenvalue weighted by molar-refractivity contribution is -0.138. The number of hydrogen-bond donors (Lipinski definition) is 2. The van der Waals surface area contributed by atoms with Crippen LogP contribution in [0, 0.1) is 11.8 Å². The number of imide groups is 1. The second-order valence-corrected chi connectivity index (χ2v) is 8.04. The van der Waals surface area contributed by atoms with E-state index < -0.39 is 0 Å². The molecule has 29 heavy (non-hydrogen) atoms. The quantitative estimate of drug-likeness (QED) is 0.279. The van der Waals surface area contributed by atoms with Gasteiger partial charge in [-0.2, -0.15) is 0 Å². The smallest absolute Gasteiger partial charge is 0.253 e. The largest absolute Gasteiger partial charge is 0.400 e. The average molecular weight is 430 g/mol. The Bertz CT molecular complexity index is 517. The summed E-state index contributed by atoms with van der Waals surface area (Å²) in [5.74, 6) is 0.0831. The monoisotopic (exact) mass is 430 g/mol. The highest BCUT2D eigenvalue weighted by atomic mass is 31.1. The highest BCUT2D eigenvalue weighted by Crippen LogP contribution is 2.30. The van der Waals surface area contributed by atoms with Gasteiger partial charge in [0.15, 0.2) is 9.03 Å². The predicted molar refractivity (Wildman–Crippen MR) is 112 cm³/mol. The van der Waals surface area contributed by atoms with Crippen LogP contribution in [0.3, 0.4) is 0 Å². The Labute approximate surface area is 175 Å². The Balaban J connectivity index is 0.00000204. The van der Waals surface area contributed by atoms with Crippen molar-refractivity contribution < 1.29 is 28.5 Å². The van der Waals surface area contributed by atoms with Gasteiger partial charge in [-0.1, -0.05) is 12.8 Å². The van der Waals surface area contributed by atoms with Crippen molar-refractivity contribution >= 4 is 26.8 Å². The van der Waals surface area contributed by atoms with E-state index in [1.54, 1.807) is 7.11 Å². The van der Waals surface area contributed by atoms with Gasteiger partial charge in [-0.3, -0.25) is 19.3 Å². The van der Waals surface area contributed by atoms with Crippen molar-refractivity contribution in [3.8, 4) is 0 Å². The van der Waals surface area contributed by atoms with Gasteiger partial charge in [-0.25, -0.2) is 0 Å². The second-order valence-electron chi connectivity index (χ2n) is 7.18. The van der Waals surface area contributed by atoms with E-state index in [1.165, 1.54) is 17.1 Å². The molecule has 166 valence electrons. The van der Waals surface area contributed by atoms with Gasteiger partial charge in [0.1, 0.15) is 0 Å². The number of aliphatic hydroxyl groups is 1. The lowest BCUT2D eigenvalue weighted by Crippen LogP contribution is -2.38. The summed E-state index contributed by atoms with van der Waals surface area (Å²) in [4.78, 5) is 36.9. The molecule has 0 saturated heterocycles. The molecule has 1 fully saturated rings. The molecule has 2 N–H and O–H groups in total. The molecule has 0 spiro atoms. The molecule has 0 radical (unpaired) electrons. The molecule has 8 nitrogen and oxygen atoms in total. The molecular formula is C20H35N2O6P. The van der Waals surface area contributed by atoms with E-state index in [9.17, 15) is 14.4 Å². The van der Waals surface area contributed by atoms with Crippen LogP contribution in [0.1, 0.15) is 51.4 Å². The molecule has 0 bridgehead atoms. The van der Waals surface area contributed by atoms with Gasteiger partial charge in [0.05, 0.1) is 6.61 Å². The molecule has 1 atom stereocenters. The molecule has 1 aliphatic heterocycles. The van der Waals surface area contributed by atoms with Gasteiger partial charge in [0.25, 0.3) is 11.8 Å². The van der Waals surface area contributed by atoms with Gasteiger partial charge >= 0.3 is 0 Å². The molecule has 2 aliphatic rings. The second kappa shape index (κ2) is 15.5. The van der Waals surface area contributed by atoms with Gasteiger partial charge in [-0.15, -0.1) is 0 Å². The number of unbranched alkanes of at least 4 members (excludes halogenated alkanes) is 3. The van der Waals surface area contributed by atoms with Crippen LogP contribution in [0.4, 0.5) is 0 Å². The number of aliphatic hydroxyl groups excluding tert-OH is 1. The number of nitrogens with one attached hydrogen (secondary N) is 1. The van der Waals surface area contributed by atoms with Crippen molar-refractivity contribution in [1.82, 2.24) is 10.2 Å². The average Bonchev–Trinajstić information content (AvgIpc) is 3.06. The fourth-order valence-electron chi connectivity index (χ4n) is 3.59. The van der Waals surface area contributed by atoms with Crippen molar-refractivity contribution in [1.29, 1.82) is 0 Å². The van der Waals surface area contributed by atoms with Gasteiger partial charge in [0, 0.05) is 45.4 Å². The van der Waals surface area contributed by atoms with E-state index in [-0.39, 0.29) is 32.7 Å². The van der Waals surface area contributed by atoms with Crippen LogP contribution in [0.25, 0.3) is 0 Å². The summed E-state index contributed by atoms with van der Waals surface area (Å²) in [6, 6.07) is 0. The zero-order chi connectivity index (χ0) is 21.5. The Kier molecular flexibility index (Phi) is 13.7. The lowest BCUT2D eigenvalue weighted by Gasteiger charge is -2.30. The normalized spacial score (nSPS) is 21.6. The maximum absolute atomic E-state index is 12.3. The number of amides is 3. The Morgan fingerprint density at radius 3 is 2.34 bits per heavy atom. The van der Waals surface area contributed by atoms with Gasteiger partial charge in [0.2, 0.25) is 5.91 Å². The summed E-state index contributed by atoms with van der Waals surface area (Å²) in [5, 5.41) is 10.0. The van der Waals surface area contributed by atoms with E-state index in [4.69, 9.17) is 14.2 Å². The van der Waals surface area contributed by atoms with Crippen LogP contribution in [0.2, 0.25) is 0 Å². The van der Waals surface area contributed by atoms with Crippen molar-refractivity contribution in [3.63, 3.8) is 0 Å². The SMILES string of the molecule is CO.COPOCCCCCCNC(=O)C1CCC(CN2C(=O)C=CC2=O)CC1. The van der Waals surface area contributed by atoms with E-state index >= 15 is 0 Å². The van der Waals surface area contributed by atoms with Crippen LogP contribution in [0.5, 0.6) is 0 Å². The maximum atomic E-state index is 12.3. The number of rotatable bonds is 12. The fraction of sp³-hybridized carbons (Fsp3) is 0.750. The summed E-state index contributed by atoms with van der Waals surface area (Å²) in [6.45, 7) is 1.93. The molecule has 1 saturated carbocycles. The summed E-state index contributed by atoms with van der Waals surface area (Å²) in [6.07, 6.45) is 10.3. The minimum absolute atomic E-state index is 0.0628. The zero-order valence-corrected chi connectivity index (χ0v) is 18.5. The summed E-state index contributed by atoms with van der Waals surface area (Å²) in [7, 11) is 2.75. The van der Waals surface area contributed by atoms with Crippen LogP contribution in [-0.2, 0) is 23.4 Å². The minimum atomic E-state index is -0.217. The topological polar surface area (TPSA) is 105 Å². The Hall–Kier alpha value is -1.34. The minimum Gasteiger partial charge on any atom is -0.400 e. The first-order valence-corrected chi connectivity index (χ1v) is 11.1. The van der Waals surface area contributed by atoms with Crippen molar-refractivity contribution in [2.75, 3.05) is 33.9 Å². The van der Waals surface area contributed by atoms with Crippen LogP contribution >= 0.6 is 9.03 Å². The number of nitrogens with zero attached hydrogens (tertiary/aromatic N) is 1. The first-order chi connectivity index (χ1) is 14.1. The fourth-order valence-corrected chi connectivity index (χ4v) is 3.93. The van der Waals surface area contributed by atoms with Crippen molar-refractivity contribution in [3.05, 3.63) is 12.2 Å². The van der Waals surface area contributed by atoms with Crippen LogP contribution in [-0.4, -0.2) is 61.6 Å². The molecule has 1 heterocycles. The van der Waals surface area contributed by atoms with E-state index in [2.05, 4.69) is 5.32 Å². The summed E-state index contributed by atoms with van der Waals surface area (Å²) < 4.78 is 10.1. The highest BCUT2D eigenvalue weighted by Gasteiger charge is 2.31. The third-order valence-electron chi connectivity index (χ3n) is 5.17. The third-order valence-corrected chi connectivity index (χ3v) is 5.66. The molecule has 0 aromatic heterocycles. The molecule has 0 aromatic carbocycles. The van der Waals surface area contributed by atoms with E-state index in [0.29, 0.717) is 12.5 Å². The maximum Gasteiger partial charge on any atom is 0.253 e. The van der Waals surface area contributed by atoms with E-state index in [1.807, 2.05) is 0 Å². The van der Waals surface area contributed by atoms with Crippen LogP contribution in [0.15, 0.2) is 12.2 Å². The Morgan fingerprint density at radius 2 is 1.72 bits per heavy atom. The number of hydrogen-bond acceptors (Lipinski definition) is 6. The lowest BCUT2D eigenvalue weighted by atomic mass is 9.81. The predicted octanol–water partition coefficient (Wildman–Crippen LogP) is 2.17. The third kappa shape index (κ3) is 9.81. The van der Waals surface area contributed by atoms with Gasteiger partial charge in [-0.05, 0) is 44.4 Å². The summed E-state index contributed by atoms with van der Waals surface area (Å²) in [5.41, 5.74) is 0. The number of carbonyl (C=O) groups is 3. The molecule has 0 aromatic rings. The molecule has 3 amide bonds. The highest BCUT2D eigenvalue weighted by molar-refractivity contribution is 7.26. The van der Waals surface area contributed by atoms with Crippen molar-refractivity contribution in [2.45, 2.75) is 51.4 Å². The van der Waals surface area contributed by atoms with Gasteiger partial charge < -0.3 is 19.5 Å². The van der Waals surface area contributed by atoms with Crippen molar-refractivity contribution in [2.24, 2.45) is 11.8 Å². The molecule has 1 aliphatic carbocycles. The Morgan fingerprint density at radius 1 is 1.10 bits per heavy atom. The first-order valence-electron chi connectivity index (χ1n) is 10.3. The molecule has 9 heteroatoms. The van der Waals surface area contributed by atoms with Crippen LogP contribution < -0.4 is 5.32 Å². The molecule has 2 rings (SSSR count). The number of carbonyl (C=O) groups excluding carboxylic acids is 3.